The van der Waals surface area contributed by atoms with E-state index >= 15 is 0 Å². The molecule has 2 N–H and O–H groups in total. The summed E-state index contributed by atoms with van der Waals surface area (Å²) in [6, 6.07) is 7.86. The smallest absolute Gasteiger partial charge is 0.179 e. The number of hydrogen-bond acceptors (Lipinski definition) is 6. The standard InChI is InChI=1S/C9H8N8/c1-3-7(9-12-16-17-13-9)4-2-6(1)5-8-10-14-15-11-8/h1-4H,5H2,(H,10,11,14,15)(H,12,13,16,17). The summed E-state index contributed by atoms with van der Waals surface area (Å²) in [6.07, 6.45) is 0.669. The lowest BCUT2D eigenvalue weighted by molar-refractivity contribution is 0.881. The van der Waals surface area contributed by atoms with E-state index in [0.717, 1.165) is 17.0 Å². The number of H-pyrrole nitrogens is 2. The molecule has 0 saturated heterocycles. The third-order valence-electron chi connectivity index (χ3n) is 2.33. The van der Waals surface area contributed by atoms with Crippen molar-refractivity contribution in [3.8, 4) is 11.4 Å². The van der Waals surface area contributed by atoms with Gasteiger partial charge in [-0.25, -0.2) is 10.2 Å². The maximum atomic E-state index is 3.84. The van der Waals surface area contributed by atoms with Gasteiger partial charge in [0.15, 0.2) is 11.6 Å². The monoisotopic (exact) mass is 228 g/mol. The van der Waals surface area contributed by atoms with Gasteiger partial charge in [-0.2, -0.15) is 0 Å². The summed E-state index contributed by atoms with van der Waals surface area (Å²) in [5.74, 6) is 1.39. The first-order valence-electron chi connectivity index (χ1n) is 4.97. The molecular weight excluding hydrogens is 220 g/mol. The molecule has 0 aliphatic heterocycles. The average molecular weight is 228 g/mol. The minimum absolute atomic E-state index is 0.651. The van der Waals surface area contributed by atoms with Crippen molar-refractivity contribution in [1.29, 1.82) is 0 Å². The van der Waals surface area contributed by atoms with Crippen molar-refractivity contribution in [2.45, 2.75) is 6.42 Å². The lowest BCUT2D eigenvalue weighted by Crippen LogP contribution is -1.91. The highest BCUT2D eigenvalue weighted by molar-refractivity contribution is 5.54. The van der Waals surface area contributed by atoms with E-state index in [0.29, 0.717) is 12.2 Å². The van der Waals surface area contributed by atoms with Crippen LogP contribution in [0.5, 0.6) is 0 Å². The van der Waals surface area contributed by atoms with E-state index in [1.54, 1.807) is 0 Å². The highest BCUT2D eigenvalue weighted by atomic mass is 15.5. The van der Waals surface area contributed by atoms with Gasteiger partial charge < -0.3 is 0 Å². The van der Waals surface area contributed by atoms with E-state index in [-0.39, 0.29) is 0 Å². The normalized spacial score (nSPS) is 10.6. The molecule has 0 saturated carbocycles. The third kappa shape index (κ3) is 2.00. The van der Waals surface area contributed by atoms with Gasteiger partial charge >= 0.3 is 0 Å². The number of tetrazole rings is 2. The topological polar surface area (TPSA) is 109 Å². The van der Waals surface area contributed by atoms with Crippen LogP contribution in [0.25, 0.3) is 11.4 Å². The first-order chi connectivity index (χ1) is 8.42. The molecule has 0 aliphatic carbocycles. The van der Waals surface area contributed by atoms with Gasteiger partial charge in [-0.05, 0) is 26.4 Å². The van der Waals surface area contributed by atoms with Gasteiger partial charge in [0.2, 0.25) is 0 Å². The Hall–Kier alpha value is -2.64. The van der Waals surface area contributed by atoms with Crippen LogP contribution in [0.15, 0.2) is 24.3 Å². The van der Waals surface area contributed by atoms with E-state index in [9.17, 15) is 0 Å². The minimum Gasteiger partial charge on any atom is -0.243 e. The zero-order valence-corrected chi connectivity index (χ0v) is 8.70. The van der Waals surface area contributed by atoms with Gasteiger partial charge in [0.05, 0.1) is 0 Å². The number of benzene rings is 1. The van der Waals surface area contributed by atoms with Crippen LogP contribution in [0.3, 0.4) is 0 Å². The summed E-state index contributed by atoms with van der Waals surface area (Å²) in [4.78, 5) is 0. The lowest BCUT2D eigenvalue weighted by Gasteiger charge is -1.99. The van der Waals surface area contributed by atoms with Gasteiger partial charge in [0.25, 0.3) is 0 Å². The quantitative estimate of drug-likeness (QED) is 0.651. The molecule has 8 nitrogen and oxygen atoms in total. The van der Waals surface area contributed by atoms with Crippen molar-refractivity contribution in [2.24, 2.45) is 0 Å². The van der Waals surface area contributed by atoms with Crippen molar-refractivity contribution >= 4 is 0 Å². The number of nitrogens with zero attached hydrogens (tertiary/aromatic N) is 6. The number of aromatic nitrogens is 8. The second-order valence-corrected chi connectivity index (χ2v) is 3.47. The molecule has 2 heterocycles. The predicted molar refractivity (Wildman–Crippen MR) is 56.6 cm³/mol. The molecule has 0 radical (unpaired) electrons. The van der Waals surface area contributed by atoms with E-state index in [2.05, 4.69) is 41.2 Å². The molecule has 0 spiro atoms. The Balaban J connectivity index is 1.81. The van der Waals surface area contributed by atoms with E-state index in [1.165, 1.54) is 0 Å². The molecular formula is C9H8N8. The fraction of sp³-hybridized carbons (Fsp3) is 0.111. The molecule has 84 valence electrons. The molecule has 0 aliphatic rings. The van der Waals surface area contributed by atoms with Gasteiger partial charge in [-0.1, -0.05) is 24.3 Å². The molecule has 0 unspecified atom stereocenters. The van der Waals surface area contributed by atoms with Crippen molar-refractivity contribution in [1.82, 2.24) is 41.2 Å². The summed E-state index contributed by atoms with van der Waals surface area (Å²) >= 11 is 0. The highest BCUT2D eigenvalue weighted by Gasteiger charge is 2.03. The van der Waals surface area contributed by atoms with Crippen LogP contribution >= 0.6 is 0 Å². The Bertz CT molecular complexity index is 568. The Morgan fingerprint density at radius 1 is 0.882 bits per heavy atom. The lowest BCUT2D eigenvalue weighted by atomic mass is 10.1. The molecule has 3 rings (SSSR count). The molecule has 0 fully saturated rings. The zero-order chi connectivity index (χ0) is 11.5. The Morgan fingerprint density at radius 3 is 2.29 bits per heavy atom. The van der Waals surface area contributed by atoms with Crippen LogP contribution in [0, 0.1) is 0 Å². The molecule has 17 heavy (non-hydrogen) atoms. The fourth-order valence-corrected chi connectivity index (χ4v) is 1.51. The predicted octanol–water partition coefficient (Wildman–Crippen LogP) is -0.0294. The first kappa shape index (κ1) is 9.58. The molecule has 1 aromatic carbocycles. The second-order valence-electron chi connectivity index (χ2n) is 3.47. The summed E-state index contributed by atoms with van der Waals surface area (Å²) in [6.45, 7) is 0. The van der Waals surface area contributed by atoms with Crippen LogP contribution in [0.1, 0.15) is 11.4 Å². The van der Waals surface area contributed by atoms with Crippen LogP contribution in [-0.4, -0.2) is 41.2 Å². The van der Waals surface area contributed by atoms with E-state index in [4.69, 9.17) is 0 Å². The van der Waals surface area contributed by atoms with Crippen molar-refractivity contribution in [3.63, 3.8) is 0 Å². The van der Waals surface area contributed by atoms with Crippen LogP contribution < -0.4 is 0 Å². The van der Waals surface area contributed by atoms with Crippen LogP contribution in [-0.2, 0) is 6.42 Å². The average Bonchev–Trinajstić information content (AvgIpc) is 3.01. The molecule has 3 aromatic rings. The van der Waals surface area contributed by atoms with Gasteiger partial charge in [-0.15, -0.1) is 10.2 Å². The maximum absolute atomic E-state index is 3.84. The minimum atomic E-state index is 0.651. The summed E-state index contributed by atoms with van der Waals surface area (Å²) < 4.78 is 0. The second kappa shape index (κ2) is 4.08. The first-order valence-corrected chi connectivity index (χ1v) is 4.97. The van der Waals surface area contributed by atoms with E-state index < -0.39 is 0 Å². The number of nitrogens with one attached hydrogen (secondary N) is 2. The molecule has 0 amide bonds. The van der Waals surface area contributed by atoms with Crippen LogP contribution in [0.4, 0.5) is 0 Å². The Kier molecular flexibility index (Phi) is 2.30. The van der Waals surface area contributed by atoms with Crippen LogP contribution in [0.2, 0.25) is 0 Å². The van der Waals surface area contributed by atoms with E-state index in [1.807, 2.05) is 24.3 Å². The number of hydrogen-bond donors (Lipinski definition) is 2. The van der Waals surface area contributed by atoms with Gasteiger partial charge in [0.1, 0.15) is 0 Å². The largest absolute Gasteiger partial charge is 0.243 e. The summed E-state index contributed by atoms with van der Waals surface area (Å²) in [5.41, 5.74) is 2.05. The Morgan fingerprint density at radius 2 is 1.65 bits per heavy atom. The third-order valence-corrected chi connectivity index (χ3v) is 2.33. The molecule has 0 atom stereocenters. The highest BCUT2D eigenvalue weighted by Crippen LogP contribution is 2.14. The summed E-state index contributed by atoms with van der Waals surface area (Å²) in [5, 5.41) is 27.2. The zero-order valence-electron chi connectivity index (χ0n) is 8.70. The van der Waals surface area contributed by atoms with Crippen molar-refractivity contribution in [2.75, 3.05) is 0 Å². The number of rotatable bonds is 3. The Labute approximate surface area is 95.5 Å². The SMILES string of the molecule is c1cc(-c2nnn[nH]2)ccc1Cc1nnn[nH]1. The maximum Gasteiger partial charge on any atom is 0.179 e. The molecule has 2 aromatic heterocycles. The molecule has 8 heteroatoms. The van der Waals surface area contributed by atoms with Crippen molar-refractivity contribution in [3.05, 3.63) is 35.7 Å². The summed E-state index contributed by atoms with van der Waals surface area (Å²) in [7, 11) is 0. The van der Waals surface area contributed by atoms with Crippen molar-refractivity contribution < 1.29 is 0 Å². The molecule has 0 bridgehead atoms. The van der Waals surface area contributed by atoms with Gasteiger partial charge in [-0.3, -0.25) is 0 Å². The fourth-order valence-electron chi connectivity index (χ4n) is 1.51. The number of aromatic amines is 2. The van der Waals surface area contributed by atoms with Gasteiger partial charge in [0, 0.05) is 12.0 Å².